The van der Waals surface area contributed by atoms with Gasteiger partial charge >= 0.3 is 5.97 Å². The van der Waals surface area contributed by atoms with Crippen LogP contribution in [0, 0.1) is 0 Å². The first-order valence-corrected chi connectivity index (χ1v) is 7.21. The highest BCUT2D eigenvalue weighted by Gasteiger charge is 2.11. The van der Waals surface area contributed by atoms with E-state index in [1.54, 1.807) is 24.3 Å². The van der Waals surface area contributed by atoms with Gasteiger partial charge in [0.05, 0.1) is 33.4 Å². The molecule has 0 saturated heterocycles. The minimum absolute atomic E-state index is 0.382. The predicted octanol–water partition coefficient (Wildman–Crippen LogP) is 5.05. The molecule has 0 bridgehead atoms. The van der Waals surface area contributed by atoms with Crippen LogP contribution in [0.15, 0.2) is 36.4 Å². The summed E-state index contributed by atoms with van der Waals surface area (Å²) in [6.45, 7) is 0.406. The second kappa shape index (κ2) is 7.03. The third-order valence-corrected chi connectivity index (χ3v) is 3.94. The van der Waals surface area contributed by atoms with Gasteiger partial charge in [-0.2, -0.15) is 0 Å². The number of nitrogens with one attached hydrogen (secondary N) is 1. The van der Waals surface area contributed by atoms with Crippen LogP contribution < -0.4 is 5.32 Å². The lowest BCUT2D eigenvalue weighted by molar-refractivity contribution is 0.0599. The molecule has 1 N–H and O–H groups in total. The second-order valence-electron chi connectivity index (χ2n) is 4.25. The molecule has 2 aromatic rings. The fraction of sp³-hybridized carbons (Fsp3) is 0.133. The van der Waals surface area contributed by atoms with Crippen molar-refractivity contribution in [1.29, 1.82) is 0 Å². The summed E-state index contributed by atoms with van der Waals surface area (Å²) in [5.74, 6) is -0.382. The quantitative estimate of drug-likeness (QED) is 0.623. The number of hydrogen-bond donors (Lipinski definition) is 1. The largest absolute Gasteiger partial charge is 0.465 e. The highest BCUT2D eigenvalue weighted by atomic mass is 35.5. The average molecular weight is 345 g/mol. The van der Waals surface area contributed by atoms with Crippen LogP contribution in [-0.4, -0.2) is 13.1 Å². The van der Waals surface area contributed by atoms with Crippen LogP contribution in [-0.2, 0) is 11.3 Å². The summed E-state index contributed by atoms with van der Waals surface area (Å²) in [6.07, 6.45) is 0. The Morgan fingerprint density at radius 1 is 1.10 bits per heavy atom. The number of hydrogen-bond acceptors (Lipinski definition) is 3. The molecule has 0 unspecified atom stereocenters. The van der Waals surface area contributed by atoms with E-state index in [4.69, 9.17) is 39.5 Å². The molecule has 0 radical (unpaired) electrons. The smallest absolute Gasteiger partial charge is 0.338 e. The maximum absolute atomic E-state index is 11.7. The van der Waals surface area contributed by atoms with Crippen molar-refractivity contribution in [3.8, 4) is 0 Å². The number of esters is 1. The number of methoxy groups -OCH3 is 1. The molecule has 0 aliphatic carbocycles. The zero-order chi connectivity index (χ0) is 15.4. The van der Waals surface area contributed by atoms with Crippen molar-refractivity contribution >= 4 is 46.5 Å². The summed E-state index contributed by atoms with van der Waals surface area (Å²) < 4.78 is 4.76. The van der Waals surface area contributed by atoms with Crippen LogP contribution in [0.4, 0.5) is 5.69 Å². The van der Waals surface area contributed by atoms with Crippen molar-refractivity contribution in [3.63, 3.8) is 0 Å². The van der Waals surface area contributed by atoms with E-state index >= 15 is 0 Å². The van der Waals surface area contributed by atoms with Gasteiger partial charge in [-0.3, -0.25) is 0 Å². The molecule has 0 aliphatic rings. The molecule has 0 fully saturated rings. The Morgan fingerprint density at radius 3 is 2.48 bits per heavy atom. The zero-order valence-electron chi connectivity index (χ0n) is 11.1. The number of halogens is 3. The third kappa shape index (κ3) is 3.82. The van der Waals surface area contributed by atoms with E-state index in [2.05, 4.69) is 5.32 Å². The summed E-state index contributed by atoms with van der Waals surface area (Å²) in [7, 11) is 1.35. The highest BCUT2D eigenvalue weighted by Crippen LogP contribution is 2.32. The topological polar surface area (TPSA) is 38.3 Å². The van der Waals surface area contributed by atoms with E-state index in [-0.39, 0.29) is 5.97 Å². The first kappa shape index (κ1) is 16.0. The van der Waals surface area contributed by atoms with Crippen LogP contribution in [0.5, 0.6) is 0 Å². The molecule has 0 saturated carbocycles. The van der Waals surface area contributed by atoms with Crippen molar-refractivity contribution in [2.75, 3.05) is 12.4 Å². The molecule has 0 amide bonds. The van der Waals surface area contributed by atoms with Crippen LogP contribution in [0.1, 0.15) is 15.9 Å². The van der Waals surface area contributed by atoms with E-state index in [1.807, 2.05) is 12.1 Å². The minimum Gasteiger partial charge on any atom is -0.465 e. The normalized spacial score (nSPS) is 10.3. The number of carbonyl (C=O) groups is 1. The van der Waals surface area contributed by atoms with Gasteiger partial charge in [-0.15, -0.1) is 0 Å². The number of anilines is 1. The van der Waals surface area contributed by atoms with Crippen molar-refractivity contribution in [2.24, 2.45) is 0 Å². The Morgan fingerprint density at radius 2 is 1.76 bits per heavy atom. The minimum atomic E-state index is -0.382. The number of carbonyl (C=O) groups excluding carboxylic acids is 1. The Hall–Kier alpha value is -1.42. The van der Waals surface area contributed by atoms with Crippen LogP contribution >= 0.6 is 34.8 Å². The van der Waals surface area contributed by atoms with Gasteiger partial charge in [-0.25, -0.2) is 4.79 Å². The predicted molar refractivity (Wildman–Crippen MR) is 86.6 cm³/mol. The fourth-order valence-corrected chi connectivity index (χ4v) is 2.45. The monoisotopic (exact) mass is 343 g/mol. The maximum atomic E-state index is 11.7. The Labute approximate surface area is 137 Å². The zero-order valence-corrected chi connectivity index (χ0v) is 13.4. The van der Waals surface area contributed by atoms with Gasteiger partial charge in [0, 0.05) is 6.54 Å². The van der Waals surface area contributed by atoms with Crippen LogP contribution in [0.3, 0.4) is 0 Å². The molecule has 0 heterocycles. The van der Waals surface area contributed by atoms with Crippen molar-refractivity contribution < 1.29 is 9.53 Å². The van der Waals surface area contributed by atoms with Crippen LogP contribution in [0.2, 0.25) is 15.1 Å². The lowest BCUT2D eigenvalue weighted by atomic mass is 10.1. The van der Waals surface area contributed by atoms with E-state index in [0.29, 0.717) is 32.9 Å². The molecule has 21 heavy (non-hydrogen) atoms. The molecule has 0 aliphatic heterocycles. The highest BCUT2D eigenvalue weighted by molar-refractivity contribution is 6.44. The number of benzene rings is 2. The molecule has 110 valence electrons. The molecule has 0 atom stereocenters. The molecular formula is C15H12Cl3NO2. The van der Waals surface area contributed by atoms with Gasteiger partial charge in [-0.1, -0.05) is 53.0 Å². The number of ether oxygens (including phenoxy) is 1. The Bertz CT molecular complexity index is 674. The summed E-state index contributed by atoms with van der Waals surface area (Å²) in [4.78, 5) is 11.7. The van der Waals surface area contributed by atoms with Crippen LogP contribution in [0.25, 0.3) is 0 Å². The molecular weight excluding hydrogens is 333 g/mol. The summed E-state index contributed by atoms with van der Waals surface area (Å²) >= 11 is 18.0. The average Bonchev–Trinajstić information content (AvgIpc) is 2.49. The van der Waals surface area contributed by atoms with Crippen molar-refractivity contribution in [1.82, 2.24) is 0 Å². The summed E-state index contributed by atoms with van der Waals surface area (Å²) in [5, 5.41) is 4.39. The second-order valence-corrected chi connectivity index (χ2v) is 5.47. The first-order valence-electron chi connectivity index (χ1n) is 6.07. The van der Waals surface area contributed by atoms with Crippen molar-refractivity contribution in [3.05, 3.63) is 62.6 Å². The van der Waals surface area contributed by atoms with E-state index in [0.717, 1.165) is 5.56 Å². The Balaban J connectivity index is 2.21. The summed E-state index contributed by atoms with van der Waals surface area (Å²) in [5.41, 5.74) is 1.95. The molecule has 2 rings (SSSR count). The van der Waals surface area contributed by atoms with E-state index in [1.165, 1.54) is 7.11 Å². The van der Waals surface area contributed by atoms with Gasteiger partial charge in [0.1, 0.15) is 0 Å². The lowest BCUT2D eigenvalue weighted by Crippen LogP contribution is -2.09. The number of rotatable bonds is 4. The summed E-state index contributed by atoms with van der Waals surface area (Å²) in [6, 6.07) is 10.4. The van der Waals surface area contributed by atoms with Gasteiger partial charge in [0.25, 0.3) is 0 Å². The van der Waals surface area contributed by atoms with E-state index in [9.17, 15) is 4.79 Å². The Kier molecular flexibility index (Phi) is 5.34. The lowest BCUT2D eigenvalue weighted by Gasteiger charge is -2.12. The van der Waals surface area contributed by atoms with Gasteiger partial charge in [0.15, 0.2) is 0 Å². The molecule has 3 nitrogen and oxygen atoms in total. The van der Waals surface area contributed by atoms with Gasteiger partial charge in [-0.05, 0) is 23.8 Å². The molecule has 0 spiro atoms. The third-order valence-electron chi connectivity index (χ3n) is 2.90. The molecule has 6 heteroatoms. The van der Waals surface area contributed by atoms with Gasteiger partial charge < -0.3 is 10.1 Å². The standard InChI is InChI=1S/C15H12Cl3NO2/c1-21-15(20)10-5-3-2-4-9(10)8-19-14-7-12(17)11(16)6-13(14)18/h2-7,19H,8H2,1H3. The SMILES string of the molecule is COC(=O)c1ccccc1CNc1cc(Cl)c(Cl)cc1Cl. The first-order chi connectivity index (χ1) is 10.0. The maximum Gasteiger partial charge on any atom is 0.338 e. The molecule has 0 aromatic heterocycles. The fourth-order valence-electron chi connectivity index (χ4n) is 1.83. The van der Waals surface area contributed by atoms with Crippen molar-refractivity contribution in [2.45, 2.75) is 6.54 Å². The van der Waals surface area contributed by atoms with E-state index < -0.39 is 0 Å². The molecule has 2 aromatic carbocycles. The van der Waals surface area contributed by atoms with Gasteiger partial charge in [0.2, 0.25) is 0 Å².